The normalized spacial score (nSPS) is 19.4. The Kier molecular flexibility index (Phi) is 54.6. The van der Waals surface area contributed by atoms with Crippen molar-refractivity contribution in [1.29, 1.82) is 0 Å². The number of ether oxygens (including phenoxy) is 2. The van der Waals surface area contributed by atoms with Crippen molar-refractivity contribution in [3.05, 3.63) is 24.3 Å². The van der Waals surface area contributed by atoms with Crippen LogP contribution in [0.2, 0.25) is 0 Å². The molecule has 9 atom stereocenters. The first-order valence-corrected chi connectivity index (χ1v) is 34.2. The van der Waals surface area contributed by atoms with Gasteiger partial charge in [-0.2, -0.15) is 0 Å². The van der Waals surface area contributed by atoms with E-state index in [1.807, 2.05) is 0 Å². The Hall–Kier alpha value is -1.41. The number of carbonyl (C=O) groups is 1. The summed E-state index contributed by atoms with van der Waals surface area (Å²) in [4.78, 5) is 13.2. The van der Waals surface area contributed by atoms with Crippen molar-refractivity contribution >= 4 is 5.91 Å². The van der Waals surface area contributed by atoms with Gasteiger partial charge in [-0.1, -0.05) is 308 Å². The summed E-state index contributed by atoms with van der Waals surface area (Å²) in [6, 6.07) is -1.19. The third kappa shape index (κ3) is 44.7. The van der Waals surface area contributed by atoms with Crippen LogP contribution in [0.1, 0.15) is 335 Å². The summed E-state index contributed by atoms with van der Waals surface area (Å²) in [6.45, 7) is 3.49. The highest BCUT2D eigenvalue weighted by Crippen LogP contribution is 2.24. The quantitative estimate of drug-likeness (QED) is 0.0215. The number of carbonyl (C=O) groups excluding carboxylic acids is 1. The van der Waals surface area contributed by atoms with Crippen molar-refractivity contribution in [2.45, 2.75) is 390 Å². The number of aliphatic hydroxyl groups is 7. The summed E-state index contributed by atoms with van der Waals surface area (Å²) < 4.78 is 11.2. The van der Waals surface area contributed by atoms with Crippen molar-refractivity contribution in [2.24, 2.45) is 0 Å². The summed E-state index contributed by atoms with van der Waals surface area (Å²) in [7, 11) is 0. The van der Waals surface area contributed by atoms with Crippen LogP contribution in [0.4, 0.5) is 0 Å². The van der Waals surface area contributed by atoms with Gasteiger partial charge < -0.3 is 50.5 Å². The molecule has 8 N–H and O–H groups in total. The summed E-state index contributed by atoms with van der Waals surface area (Å²) in [5.74, 6) is -0.704. The molecule has 11 nitrogen and oxygen atoms in total. The lowest BCUT2D eigenvalue weighted by atomic mass is 9.98. The van der Waals surface area contributed by atoms with Gasteiger partial charge in [-0.3, -0.25) is 4.79 Å². The van der Waals surface area contributed by atoms with Crippen LogP contribution in [0.5, 0.6) is 0 Å². The number of aliphatic hydroxyl groups excluding tert-OH is 7. The largest absolute Gasteiger partial charge is 0.394 e. The Morgan fingerprint density at radius 3 is 1.13 bits per heavy atom. The molecule has 79 heavy (non-hydrogen) atoms. The van der Waals surface area contributed by atoms with Crippen LogP contribution >= 0.6 is 0 Å². The molecule has 1 heterocycles. The average molecular weight is 1120 g/mol. The molecule has 0 aliphatic carbocycles. The minimum absolute atomic E-state index is 0.249. The van der Waals surface area contributed by atoms with E-state index in [1.165, 1.54) is 250 Å². The molecule has 11 heteroatoms. The smallest absolute Gasteiger partial charge is 0.249 e. The topological polar surface area (TPSA) is 189 Å². The van der Waals surface area contributed by atoms with Crippen molar-refractivity contribution in [2.75, 3.05) is 13.2 Å². The second-order valence-corrected chi connectivity index (χ2v) is 24.2. The average Bonchev–Trinajstić information content (AvgIpc) is 3.46. The SMILES string of the molecule is CCCCCCCCCCCCCCCCCCCCCCCCC/C=C/CC/C=C/CCCC(O)C(O)C(COC1OC(CO)C(O)C(O)C1O)NC(=O)C(O)CCCCCCCCCCCCCCCCCCCCCC. The second-order valence-electron chi connectivity index (χ2n) is 24.2. The zero-order chi connectivity index (χ0) is 57.5. The third-order valence-corrected chi connectivity index (χ3v) is 16.7. The fraction of sp³-hybridized carbons (Fsp3) is 0.926. The van der Waals surface area contributed by atoms with Gasteiger partial charge in [-0.15, -0.1) is 0 Å². The highest BCUT2D eigenvalue weighted by molar-refractivity contribution is 5.80. The van der Waals surface area contributed by atoms with E-state index >= 15 is 0 Å². The van der Waals surface area contributed by atoms with E-state index in [0.29, 0.717) is 19.3 Å². The van der Waals surface area contributed by atoms with Crippen LogP contribution < -0.4 is 5.32 Å². The second kappa shape index (κ2) is 57.0. The third-order valence-electron chi connectivity index (χ3n) is 16.7. The molecule has 1 aliphatic rings. The van der Waals surface area contributed by atoms with Gasteiger partial charge in [0, 0.05) is 0 Å². The molecular formula is C68H131NO10. The van der Waals surface area contributed by atoms with E-state index < -0.39 is 74.2 Å². The van der Waals surface area contributed by atoms with Crippen molar-refractivity contribution < 1.29 is 50.0 Å². The molecule has 0 aromatic carbocycles. The molecule has 0 aromatic heterocycles. The Bertz CT molecular complexity index is 1330. The van der Waals surface area contributed by atoms with Crippen LogP contribution in [0.15, 0.2) is 24.3 Å². The lowest BCUT2D eigenvalue weighted by molar-refractivity contribution is -0.303. The van der Waals surface area contributed by atoms with E-state index in [2.05, 4.69) is 43.5 Å². The van der Waals surface area contributed by atoms with Crippen LogP contribution in [0, 0.1) is 0 Å². The summed E-state index contributed by atoms with van der Waals surface area (Å²) in [6.07, 6.45) is 59.8. The van der Waals surface area contributed by atoms with Gasteiger partial charge in [0.25, 0.3) is 0 Å². The Morgan fingerprint density at radius 2 is 0.759 bits per heavy atom. The number of rotatable bonds is 60. The first-order chi connectivity index (χ1) is 38.7. The van der Waals surface area contributed by atoms with Gasteiger partial charge >= 0.3 is 0 Å². The molecule has 1 rings (SSSR count). The maximum Gasteiger partial charge on any atom is 0.249 e. The minimum Gasteiger partial charge on any atom is -0.394 e. The van der Waals surface area contributed by atoms with Crippen molar-refractivity contribution in [3.8, 4) is 0 Å². The Morgan fingerprint density at radius 1 is 0.430 bits per heavy atom. The van der Waals surface area contributed by atoms with E-state index in [1.54, 1.807) is 0 Å². The van der Waals surface area contributed by atoms with Gasteiger partial charge in [0.05, 0.1) is 25.4 Å². The lowest BCUT2D eigenvalue weighted by Crippen LogP contribution is -2.60. The van der Waals surface area contributed by atoms with Crippen LogP contribution in [0.3, 0.4) is 0 Å². The van der Waals surface area contributed by atoms with E-state index in [0.717, 1.165) is 38.5 Å². The molecule has 0 bridgehead atoms. The predicted molar refractivity (Wildman–Crippen MR) is 330 cm³/mol. The van der Waals surface area contributed by atoms with E-state index in [4.69, 9.17) is 9.47 Å². The lowest BCUT2D eigenvalue weighted by Gasteiger charge is -2.40. The van der Waals surface area contributed by atoms with Gasteiger partial charge in [0.15, 0.2) is 6.29 Å². The molecule has 1 fully saturated rings. The van der Waals surface area contributed by atoms with Crippen LogP contribution in [0.25, 0.3) is 0 Å². The zero-order valence-corrected chi connectivity index (χ0v) is 51.6. The maximum absolute atomic E-state index is 13.2. The number of unbranched alkanes of at least 4 members (excludes halogenated alkanes) is 44. The highest BCUT2D eigenvalue weighted by Gasteiger charge is 2.44. The molecule has 0 aromatic rings. The fourth-order valence-corrected chi connectivity index (χ4v) is 11.2. The number of hydrogen-bond donors (Lipinski definition) is 8. The predicted octanol–water partition coefficient (Wildman–Crippen LogP) is 16.0. The molecule has 1 saturated heterocycles. The van der Waals surface area contributed by atoms with E-state index in [-0.39, 0.29) is 12.8 Å². The standard InChI is InChI=1S/C68H131NO10/c1-3-5-7-9-11-13-15-17-19-21-23-25-26-27-28-29-30-31-32-33-34-35-36-38-39-41-43-45-47-49-51-53-55-60(71)63(73)59(58-78-68-66(76)65(75)64(74)62(57-70)79-68)69-67(77)61(72)56-54-52-50-48-46-44-42-40-37-24-22-20-18-16-14-12-10-8-6-4-2/h39,41,47,49,59-66,68,70-76H,3-38,40,42-46,48,50-58H2,1-2H3,(H,69,77)/b41-39+,49-47+. The van der Waals surface area contributed by atoms with Gasteiger partial charge in [-0.05, 0) is 51.4 Å². The number of hydrogen-bond acceptors (Lipinski definition) is 10. The molecule has 9 unspecified atom stereocenters. The Labute approximate surface area is 486 Å². The van der Waals surface area contributed by atoms with Crippen molar-refractivity contribution in [1.82, 2.24) is 5.32 Å². The number of nitrogens with one attached hydrogen (secondary N) is 1. The van der Waals surface area contributed by atoms with Gasteiger partial charge in [0.1, 0.15) is 36.6 Å². The minimum atomic E-state index is -1.67. The summed E-state index contributed by atoms with van der Waals surface area (Å²) in [5.41, 5.74) is 0. The number of allylic oxidation sites excluding steroid dienone is 4. The molecule has 1 amide bonds. The maximum atomic E-state index is 13.2. The van der Waals surface area contributed by atoms with Gasteiger partial charge in [0.2, 0.25) is 5.91 Å². The molecule has 0 saturated carbocycles. The molecule has 0 spiro atoms. The van der Waals surface area contributed by atoms with Crippen molar-refractivity contribution in [3.63, 3.8) is 0 Å². The van der Waals surface area contributed by atoms with Crippen LogP contribution in [-0.2, 0) is 14.3 Å². The summed E-state index contributed by atoms with van der Waals surface area (Å²) >= 11 is 0. The van der Waals surface area contributed by atoms with Crippen LogP contribution in [-0.4, -0.2) is 110 Å². The van der Waals surface area contributed by atoms with Gasteiger partial charge in [-0.25, -0.2) is 0 Å². The fourth-order valence-electron chi connectivity index (χ4n) is 11.2. The number of amides is 1. The van der Waals surface area contributed by atoms with E-state index in [9.17, 15) is 40.5 Å². The first kappa shape index (κ1) is 75.6. The molecular weight excluding hydrogens is 991 g/mol. The molecule has 1 aliphatic heterocycles. The monoisotopic (exact) mass is 1120 g/mol. The zero-order valence-electron chi connectivity index (χ0n) is 51.6. The molecule has 0 radical (unpaired) electrons. The first-order valence-electron chi connectivity index (χ1n) is 34.2. The highest BCUT2D eigenvalue weighted by atomic mass is 16.7. The Balaban J connectivity index is 2.22. The summed E-state index contributed by atoms with van der Waals surface area (Å²) in [5, 5.41) is 76.4. The molecule has 468 valence electrons.